The predicted molar refractivity (Wildman–Crippen MR) is 91.2 cm³/mol. The first-order valence-corrected chi connectivity index (χ1v) is 7.38. The van der Waals surface area contributed by atoms with Gasteiger partial charge in [0.05, 0.1) is 0 Å². The highest BCUT2D eigenvalue weighted by Gasteiger charge is 2.18. The highest BCUT2D eigenvalue weighted by molar-refractivity contribution is 5.94. The maximum atomic E-state index is 12.4. The average Bonchev–Trinajstić information content (AvgIpc) is 2.47. The van der Waals surface area contributed by atoms with E-state index in [-0.39, 0.29) is 17.6 Å². The molecule has 2 rings (SSSR count). The summed E-state index contributed by atoms with van der Waals surface area (Å²) in [5.41, 5.74) is 1.21. The zero-order valence-electron chi connectivity index (χ0n) is 13.7. The quantitative estimate of drug-likeness (QED) is 0.799. The van der Waals surface area contributed by atoms with Crippen LogP contribution in [0.2, 0.25) is 0 Å². The van der Waals surface area contributed by atoms with Gasteiger partial charge >= 0.3 is 0 Å². The molecular formula is C17H19N3O4. The van der Waals surface area contributed by atoms with Crippen LogP contribution in [0, 0.1) is 6.92 Å². The van der Waals surface area contributed by atoms with Crippen molar-refractivity contribution >= 4 is 23.2 Å². The minimum atomic E-state index is -0.742. The molecule has 3 N–H and O–H groups in total. The Morgan fingerprint density at radius 1 is 1.08 bits per heavy atom. The van der Waals surface area contributed by atoms with E-state index >= 15 is 0 Å². The van der Waals surface area contributed by atoms with Gasteiger partial charge in [0.2, 0.25) is 11.8 Å². The number of carbonyl (C=O) groups is 2. The van der Waals surface area contributed by atoms with Gasteiger partial charge in [-0.2, -0.15) is 0 Å². The molecule has 0 bridgehead atoms. The maximum Gasteiger partial charge on any atom is 0.255 e. The van der Waals surface area contributed by atoms with Crippen LogP contribution in [0.1, 0.15) is 25.6 Å². The van der Waals surface area contributed by atoms with E-state index in [1.165, 1.54) is 17.6 Å². The zero-order valence-corrected chi connectivity index (χ0v) is 13.7. The Hall–Kier alpha value is -3.09. The molecule has 1 atom stereocenters. The molecule has 0 aliphatic carbocycles. The largest absolute Gasteiger partial charge is 0.508 e. The lowest BCUT2D eigenvalue weighted by Gasteiger charge is -2.18. The molecule has 0 saturated heterocycles. The molecule has 24 heavy (non-hydrogen) atoms. The Morgan fingerprint density at radius 2 is 1.62 bits per heavy atom. The molecule has 7 nitrogen and oxygen atoms in total. The number of anilines is 2. The number of aryl methyl sites for hydroxylation is 1. The van der Waals surface area contributed by atoms with E-state index in [0.717, 1.165) is 6.07 Å². The third kappa shape index (κ3) is 4.01. The van der Waals surface area contributed by atoms with E-state index in [4.69, 9.17) is 0 Å². The van der Waals surface area contributed by atoms with Crippen LogP contribution in [0.4, 0.5) is 11.4 Å². The lowest BCUT2D eigenvalue weighted by atomic mass is 10.2. The lowest BCUT2D eigenvalue weighted by molar-refractivity contribution is -0.119. The third-order valence-corrected chi connectivity index (χ3v) is 3.49. The first-order chi connectivity index (χ1) is 11.3. The Morgan fingerprint density at radius 3 is 2.12 bits per heavy atom. The summed E-state index contributed by atoms with van der Waals surface area (Å²) in [6, 6.07) is 8.39. The number of aromatic nitrogens is 1. The van der Waals surface area contributed by atoms with Crippen LogP contribution in [-0.4, -0.2) is 21.5 Å². The molecule has 0 saturated carbocycles. The first-order valence-electron chi connectivity index (χ1n) is 7.38. The molecule has 0 fully saturated rings. The van der Waals surface area contributed by atoms with Gasteiger partial charge in [0.1, 0.15) is 11.8 Å². The van der Waals surface area contributed by atoms with Gasteiger partial charge in [-0.25, -0.2) is 0 Å². The first kappa shape index (κ1) is 17.3. The molecule has 1 heterocycles. The van der Waals surface area contributed by atoms with E-state index in [2.05, 4.69) is 10.6 Å². The molecule has 0 radical (unpaired) electrons. The number of hydrogen-bond acceptors (Lipinski definition) is 4. The third-order valence-electron chi connectivity index (χ3n) is 3.49. The monoisotopic (exact) mass is 329 g/mol. The van der Waals surface area contributed by atoms with Gasteiger partial charge in [0.25, 0.3) is 5.56 Å². The van der Waals surface area contributed by atoms with Crippen LogP contribution in [-0.2, 0) is 9.59 Å². The normalized spacial score (nSPS) is 11.6. The molecule has 2 aromatic rings. The van der Waals surface area contributed by atoms with Gasteiger partial charge in [-0.05, 0) is 44.2 Å². The molecular weight excluding hydrogens is 310 g/mol. The molecule has 1 aromatic carbocycles. The fourth-order valence-corrected chi connectivity index (χ4v) is 2.40. The lowest BCUT2D eigenvalue weighted by Crippen LogP contribution is -2.32. The minimum absolute atomic E-state index is 0.130. The number of benzene rings is 1. The second-order valence-electron chi connectivity index (χ2n) is 5.49. The number of rotatable bonds is 4. The van der Waals surface area contributed by atoms with E-state index in [9.17, 15) is 19.5 Å². The van der Waals surface area contributed by atoms with Crippen LogP contribution >= 0.6 is 0 Å². The van der Waals surface area contributed by atoms with Crippen molar-refractivity contribution in [2.45, 2.75) is 26.8 Å². The van der Waals surface area contributed by atoms with Crippen LogP contribution in [0.3, 0.4) is 0 Å². The van der Waals surface area contributed by atoms with Gasteiger partial charge in [-0.15, -0.1) is 0 Å². The van der Waals surface area contributed by atoms with Crippen molar-refractivity contribution in [1.29, 1.82) is 0 Å². The van der Waals surface area contributed by atoms with Crippen molar-refractivity contribution in [3.63, 3.8) is 0 Å². The summed E-state index contributed by atoms with van der Waals surface area (Å²) in [4.78, 5) is 35.3. The van der Waals surface area contributed by atoms with Crippen LogP contribution in [0.15, 0.2) is 41.2 Å². The summed E-state index contributed by atoms with van der Waals surface area (Å²) in [6.07, 6.45) is 0. The van der Waals surface area contributed by atoms with Crippen molar-refractivity contribution in [2.75, 3.05) is 10.6 Å². The number of hydrogen-bond donors (Lipinski definition) is 3. The highest BCUT2D eigenvalue weighted by atomic mass is 16.3. The fourth-order valence-electron chi connectivity index (χ4n) is 2.40. The number of nitrogens with one attached hydrogen (secondary N) is 2. The second-order valence-corrected chi connectivity index (χ2v) is 5.49. The Labute approximate surface area is 138 Å². The van der Waals surface area contributed by atoms with Crippen LogP contribution in [0.25, 0.3) is 0 Å². The van der Waals surface area contributed by atoms with Crippen LogP contribution < -0.4 is 16.2 Å². The number of pyridine rings is 1. The standard InChI is InChI=1S/C17H19N3O4/c1-10-8-15(22)9-16(23)20(10)11(2)17(24)19-14-6-4-13(5-7-14)18-12(3)21/h4-9,11,22H,1-3H3,(H,18,21)(H,19,24)/t11-/m0/s1. The zero-order chi connectivity index (χ0) is 17.9. The van der Waals surface area contributed by atoms with Gasteiger partial charge < -0.3 is 20.3 Å². The van der Waals surface area contributed by atoms with Crippen molar-refractivity contribution in [3.8, 4) is 5.75 Å². The molecule has 0 aliphatic heterocycles. The molecule has 126 valence electrons. The highest BCUT2D eigenvalue weighted by Crippen LogP contribution is 2.17. The molecule has 2 amide bonds. The predicted octanol–water partition coefficient (Wildman–Crippen LogP) is 2.02. The second kappa shape index (κ2) is 6.99. The number of amides is 2. The molecule has 1 aromatic heterocycles. The van der Waals surface area contributed by atoms with Gasteiger partial charge in [0.15, 0.2) is 0 Å². The fraction of sp³-hybridized carbons (Fsp3) is 0.235. The average molecular weight is 329 g/mol. The van der Waals surface area contributed by atoms with Crippen molar-refractivity contribution in [1.82, 2.24) is 4.57 Å². The summed E-state index contributed by atoms with van der Waals surface area (Å²) >= 11 is 0. The Bertz CT molecular complexity index is 825. The van der Waals surface area contributed by atoms with Crippen molar-refractivity contribution in [3.05, 3.63) is 52.4 Å². The molecule has 0 aliphatic rings. The smallest absolute Gasteiger partial charge is 0.255 e. The van der Waals surface area contributed by atoms with E-state index < -0.39 is 11.6 Å². The van der Waals surface area contributed by atoms with E-state index in [0.29, 0.717) is 17.1 Å². The molecule has 0 unspecified atom stereocenters. The Balaban J connectivity index is 2.15. The van der Waals surface area contributed by atoms with Crippen molar-refractivity contribution in [2.24, 2.45) is 0 Å². The van der Waals surface area contributed by atoms with Gasteiger partial charge in [-0.3, -0.25) is 14.4 Å². The topological polar surface area (TPSA) is 100 Å². The van der Waals surface area contributed by atoms with Gasteiger partial charge in [-0.1, -0.05) is 0 Å². The number of carbonyl (C=O) groups excluding carboxylic acids is 2. The van der Waals surface area contributed by atoms with Crippen molar-refractivity contribution < 1.29 is 14.7 Å². The molecule has 0 spiro atoms. The van der Waals surface area contributed by atoms with E-state index in [1.807, 2.05) is 0 Å². The number of nitrogens with zero attached hydrogens (tertiary/aromatic N) is 1. The van der Waals surface area contributed by atoms with E-state index in [1.54, 1.807) is 38.1 Å². The summed E-state index contributed by atoms with van der Waals surface area (Å²) < 4.78 is 1.31. The van der Waals surface area contributed by atoms with Crippen LogP contribution in [0.5, 0.6) is 5.75 Å². The summed E-state index contributed by atoms with van der Waals surface area (Å²) in [6.45, 7) is 4.66. The number of aromatic hydroxyl groups is 1. The molecule has 7 heteroatoms. The summed E-state index contributed by atoms with van der Waals surface area (Å²) in [7, 11) is 0. The minimum Gasteiger partial charge on any atom is -0.508 e. The maximum absolute atomic E-state index is 12.4. The van der Waals surface area contributed by atoms with Gasteiger partial charge in [0, 0.05) is 30.1 Å². The summed E-state index contributed by atoms with van der Waals surface area (Å²) in [5.74, 6) is -0.671. The summed E-state index contributed by atoms with van der Waals surface area (Å²) in [5, 5.41) is 14.8. The SMILES string of the molecule is CC(=O)Nc1ccc(NC(=O)[C@H](C)n2c(C)cc(O)cc2=O)cc1. The Kier molecular flexibility index (Phi) is 5.03.